The molecule has 0 saturated carbocycles. The van der Waals surface area contributed by atoms with Crippen molar-refractivity contribution in [2.24, 2.45) is 0 Å². The van der Waals surface area contributed by atoms with Gasteiger partial charge in [-0.2, -0.15) is 0 Å². The molecule has 1 saturated heterocycles. The molecule has 12 heavy (non-hydrogen) atoms. The van der Waals surface area contributed by atoms with Crippen LogP contribution in [0.1, 0.15) is 26.2 Å². The Morgan fingerprint density at radius 3 is 3.08 bits per heavy atom. The van der Waals surface area contributed by atoms with Crippen LogP contribution in [0.25, 0.3) is 0 Å². The van der Waals surface area contributed by atoms with Crippen LogP contribution in [0.15, 0.2) is 12.7 Å². The smallest absolute Gasteiger partial charge is 0.0646 e. The predicted molar refractivity (Wildman–Crippen MR) is 51.3 cm³/mol. The molecule has 1 unspecified atom stereocenters. The van der Waals surface area contributed by atoms with Gasteiger partial charge in [-0.1, -0.05) is 6.08 Å². The fraction of sp³-hybridized carbons (Fsp3) is 0.800. The Hall–Kier alpha value is -0.340. The molecule has 1 heterocycles. The van der Waals surface area contributed by atoms with Crippen LogP contribution in [0, 0.1) is 0 Å². The van der Waals surface area contributed by atoms with Crippen molar-refractivity contribution < 1.29 is 4.74 Å². The fourth-order valence-corrected chi connectivity index (χ4v) is 1.44. The average Bonchev–Trinajstić information content (AvgIpc) is 2.47. The molecule has 1 aliphatic rings. The van der Waals surface area contributed by atoms with Gasteiger partial charge < -0.3 is 10.1 Å². The van der Waals surface area contributed by atoms with Crippen LogP contribution in [0.3, 0.4) is 0 Å². The molecule has 0 aromatic carbocycles. The molecule has 1 atom stereocenters. The van der Waals surface area contributed by atoms with E-state index < -0.39 is 0 Å². The van der Waals surface area contributed by atoms with E-state index in [4.69, 9.17) is 4.74 Å². The Morgan fingerprint density at radius 2 is 2.50 bits per heavy atom. The van der Waals surface area contributed by atoms with E-state index in [0.29, 0.717) is 0 Å². The summed E-state index contributed by atoms with van der Waals surface area (Å²) in [7, 11) is 0. The summed E-state index contributed by atoms with van der Waals surface area (Å²) in [5, 5.41) is 3.52. The second-order valence-corrected chi connectivity index (χ2v) is 3.72. The van der Waals surface area contributed by atoms with Crippen molar-refractivity contribution in [1.82, 2.24) is 5.32 Å². The van der Waals surface area contributed by atoms with E-state index in [0.717, 1.165) is 32.6 Å². The van der Waals surface area contributed by atoms with Gasteiger partial charge in [-0.3, -0.25) is 0 Å². The van der Waals surface area contributed by atoms with E-state index in [-0.39, 0.29) is 5.54 Å². The summed E-state index contributed by atoms with van der Waals surface area (Å²) in [5.41, 5.74) is 0.237. The third-order valence-electron chi connectivity index (χ3n) is 2.36. The van der Waals surface area contributed by atoms with E-state index in [1.54, 1.807) is 0 Å². The maximum absolute atomic E-state index is 5.33. The van der Waals surface area contributed by atoms with Crippen molar-refractivity contribution in [2.45, 2.75) is 31.7 Å². The van der Waals surface area contributed by atoms with E-state index in [2.05, 4.69) is 18.8 Å². The number of hydrogen-bond donors (Lipinski definition) is 1. The molecule has 0 aromatic rings. The summed E-state index contributed by atoms with van der Waals surface area (Å²) in [5.74, 6) is 0. The first-order valence-electron chi connectivity index (χ1n) is 4.70. The van der Waals surface area contributed by atoms with Crippen LogP contribution in [-0.2, 0) is 4.74 Å². The number of nitrogens with one attached hydrogen (secondary N) is 1. The minimum absolute atomic E-state index is 0.237. The Kier molecular flexibility index (Phi) is 3.76. The van der Waals surface area contributed by atoms with E-state index >= 15 is 0 Å². The largest absolute Gasteiger partial charge is 0.379 e. The van der Waals surface area contributed by atoms with Crippen molar-refractivity contribution in [2.75, 3.05) is 19.8 Å². The number of allylic oxidation sites excluding steroid dienone is 1. The summed E-state index contributed by atoms with van der Waals surface area (Å²) in [6, 6.07) is 0. The van der Waals surface area contributed by atoms with Crippen molar-refractivity contribution in [1.29, 1.82) is 0 Å². The Labute approximate surface area is 75.0 Å². The highest BCUT2D eigenvalue weighted by Gasteiger charge is 2.28. The molecule has 0 amide bonds. The van der Waals surface area contributed by atoms with Crippen LogP contribution >= 0.6 is 0 Å². The second kappa shape index (κ2) is 4.63. The lowest BCUT2D eigenvalue weighted by molar-refractivity contribution is 0.172. The van der Waals surface area contributed by atoms with Gasteiger partial charge in [0.05, 0.1) is 6.61 Å². The third-order valence-corrected chi connectivity index (χ3v) is 2.36. The maximum atomic E-state index is 5.33. The number of ether oxygens (including phenoxy) is 1. The molecule has 2 heteroatoms. The van der Waals surface area contributed by atoms with Gasteiger partial charge in [0.2, 0.25) is 0 Å². The molecule has 0 aliphatic carbocycles. The lowest BCUT2D eigenvalue weighted by Gasteiger charge is -2.23. The molecule has 0 radical (unpaired) electrons. The molecule has 1 N–H and O–H groups in total. The first-order chi connectivity index (χ1) is 5.77. The van der Waals surface area contributed by atoms with Crippen molar-refractivity contribution in [3.63, 3.8) is 0 Å². The molecule has 1 aliphatic heterocycles. The highest BCUT2D eigenvalue weighted by molar-refractivity contribution is 4.86. The van der Waals surface area contributed by atoms with Crippen LogP contribution in [0.5, 0.6) is 0 Å². The molecule has 0 spiro atoms. The number of hydrogen-bond acceptors (Lipinski definition) is 2. The first kappa shape index (κ1) is 9.75. The normalized spacial score (nSPS) is 29.1. The topological polar surface area (TPSA) is 21.3 Å². The molecule has 1 fully saturated rings. The second-order valence-electron chi connectivity index (χ2n) is 3.72. The standard InChI is InChI=1S/C10H19NO/c1-3-4-5-7-11-10(2)6-8-12-9-10/h3,11H,1,4-9H2,2H3. The summed E-state index contributed by atoms with van der Waals surface area (Å²) in [6.07, 6.45) is 5.39. The highest BCUT2D eigenvalue weighted by Crippen LogP contribution is 2.17. The van der Waals surface area contributed by atoms with Gasteiger partial charge in [0.25, 0.3) is 0 Å². The summed E-state index contributed by atoms with van der Waals surface area (Å²) in [4.78, 5) is 0. The molecular formula is C10H19NO. The molecule has 0 bridgehead atoms. The molecular weight excluding hydrogens is 150 g/mol. The lowest BCUT2D eigenvalue weighted by atomic mass is 10.0. The molecule has 70 valence electrons. The van der Waals surface area contributed by atoms with Crippen molar-refractivity contribution in [3.05, 3.63) is 12.7 Å². The minimum Gasteiger partial charge on any atom is -0.379 e. The average molecular weight is 169 g/mol. The van der Waals surface area contributed by atoms with Gasteiger partial charge in [-0.15, -0.1) is 6.58 Å². The first-order valence-corrected chi connectivity index (χ1v) is 4.70. The summed E-state index contributed by atoms with van der Waals surface area (Å²) < 4.78 is 5.33. The minimum atomic E-state index is 0.237. The Balaban J connectivity index is 2.08. The quantitative estimate of drug-likeness (QED) is 0.500. The van der Waals surface area contributed by atoms with Crippen LogP contribution in [0.2, 0.25) is 0 Å². The van der Waals surface area contributed by atoms with Crippen LogP contribution < -0.4 is 5.32 Å². The third kappa shape index (κ3) is 2.95. The zero-order valence-electron chi connectivity index (χ0n) is 7.94. The number of rotatable bonds is 5. The SMILES string of the molecule is C=CCCCNC1(C)CCOC1. The maximum Gasteiger partial charge on any atom is 0.0646 e. The van der Waals surface area contributed by atoms with Crippen LogP contribution in [-0.4, -0.2) is 25.3 Å². The predicted octanol–water partition coefficient (Wildman–Crippen LogP) is 1.72. The van der Waals surface area contributed by atoms with Crippen LogP contribution in [0.4, 0.5) is 0 Å². The van der Waals surface area contributed by atoms with Gasteiger partial charge >= 0.3 is 0 Å². The highest BCUT2D eigenvalue weighted by atomic mass is 16.5. The molecule has 0 aromatic heterocycles. The van der Waals surface area contributed by atoms with Crippen molar-refractivity contribution >= 4 is 0 Å². The zero-order chi connectivity index (χ0) is 8.86. The number of unbranched alkanes of at least 4 members (excludes halogenated alkanes) is 1. The zero-order valence-corrected chi connectivity index (χ0v) is 7.94. The Morgan fingerprint density at radius 1 is 1.67 bits per heavy atom. The van der Waals surface area contributed by atoms with Gasteiger partial charge in [-0.05, 0) is 32.7 Å². The van der Waals surface area contributed by atoms with Gasteiger partial charge in [-0.25, -0.2) is 0 Å². The van der Waals surface area contributed by atoms with E-state index in [1.807, 2.05) is 6.08 Å². The van der Waals surface area contributed by atoms with E-state index in [1.165, 1.54) is 6.42 Å². The van der Waals surface area contributed by atoms with Gasteiger partial charge in [0.15, 0.2) is 0 Å². The summed E-state index contributed by atoms with van der Waals surface area (Å²) >= 11 is 0. The van der Waals surface area contributed by atoms with E-state index in [9.17, 15) is 0 Å². The summed E-state index contributed by atoms with van der Waals surface area (Å²) in [6.45, 7) is 8.77. The molecule has 2 nitrogen and oxygen atoms in total. The van der Waals surface area contributed by atoms with Gasteiger partial charge in [0, 0.05) is 12.1 Å². The van der Waals surface area contributed by atoms with Gasteiger partial charge in [0.1, 0.15) is 0 Å². The molecule has 1 rings (SSSR count). The fourth-order valence-electron chi connectivity index (χ4n) is 1.44. The Bertz CT molecular complexity index is 139. The van der Waals surface area contributed by atoms with Crippen molar-refractivity contribution in [3.8, 4) is 0 Å². The monoisotopic (exact) mass is 169 g/mol. The lowest BCUT2D eigenvalue weighted by Crippen LogP contribution is -2.43.